The van der Waals surface area contributed by atoms with Gasteiger partial charge in [0, 0.05) is 25.0 Å². The van der Waals surface area contributed by atoms with Gasteiger partial charge in [0.2, 0.25) is 5.91 Å². The summed E-state index contributed by atoms with van der Waals surface area (Å²) in [4.78, 5) is 11.8. The molecule has 0 aliphatic carbocycles. The van der Waals surface area contributed by atoms with Gasteiger partial charge in [-0.25, -0.2) is 0 Å². The number of hydrogen-bond acceptors (Lipinski definition) is 3. The number of nitrogens with one attached hydrogen (secondary N) is 1. The molecule has 0 aromatic carbocycles. The van der Waals surface area contributed by atoms with E-state index in [0.29, 0.717) is 6.42 Å². The molecule has 0 aliphatic heterocycles. The van der Waals surface area contributed by atoms with E-state index in [9.17, 15) is 4.79 Å². The SMILES string of the molecule is CC(C)(C)C(CCO)NC(=O)Cn1cccn1. The zero-order valence-corrected chi connectivity index (χ0v) is 10.7. The largest absolute Gasteiger partial charge is 0.396 e. The minimum atomic E-state index is -0.0814. The van der Waals surface area contributed by atoms with Gasteiger partial charge in [0.25, 0.3) is 0 Å². The van der Waals surface area contributed by atoms with Crippen LogP contribution in [0.3, 0.4) is 0 Å². The fourth-order valence-electron chi connectivity index (χ4n) is 1.63. The number of aliphatic hydroxyl groups is 1. The van der Waals surface area contributed by atoms with Crippen molar-refractivity contribution in [3.63, 3.8) is 0 Å². The van der Waals surface area contributed by atoms with Crippen LogP contribution in [-0.2, 0) is 11.3 Å². The van der Waals surface area contributed by atoms with E-state index in [0.717, 1.165) is 0 Å². The van der Waals surface area contributed by atoms with Crippen LogP contribution in [0.1, 0.15) is 27.2 Å². The molecule has 1 atom stereocenters. The van der Waals surface area contributed by atoms with Gasteiger partial charge in [-0.2, -0.15) is 5.10 Å². The number of aliphatic hydroxyl groups excluding tert-OH is 1. The quantitative estimate of drug-likeness (QED) is 0.798. The molecule has 0 radical (unpaired) electrons. The Morgan fingerprint density at radius 1 is 1.53 bits per heavy atom. The van der Waals surface area contributed by atoms with Crippen LogP contribution in [0, 0.1) is 5.41 Å². The van der Waals surface area contributed by atoms with E-state index in [2.05, 4.69) is 10.4 Å². The van der Waals surface area contributed by atoms with Crippen LogP contribution < -0.4 is 5.32 Å². The summed E-state index contributed by atoms with van der Waals surface area (Å²) >= 11 is 0. The summed E-state index contributed by atoms with van der Waals surface area (Å²) < 4.78 is 1.58. The Balaban J connectivity index is 2.52. The molecule has 1 aromatic rings. The van der Waals surface area contributed by atoms with Crippen LogP contribution in [-0.4, -0.2) is 33.4 Å². The fourth-order valence-corrected chi connectivity index (χ4v) is 1.63. The van der Waals surface area contributed by atoms with Crippen LogP contribution in [0.15, 0.2) is 18.5 Å². The van der Waals surface area contributed by atoms with Crippen molar-refractivity contribution in [2.75, 3.05) is 6.61 Å². The van der Waals surface area contributed by atoms with Gasteiger partial charge in [-0.1, -0.05) is 20.8 Å². The van der Waals surface area contributed by atoms with Gasteiger partial charge in [-0.15, -0.1) is 0 Å². The molecule has 1 heterocycles. The molecule has 0 saturated heterocycles. The minimum absolute atomic E-state index is 0.0319. The summed E-state index contributed by atoms with van der Waals surface area (Å²) in [6, 6.07) is 1.75. The first kappa shape index (κ1) is 13.7. The molecule has 0 fully saturated rings. The highest BCUT2D eigenvalue weighted by Gasteiger charge is 2.25. The molecule has 17 heavy (non-hydrogen) atoms. The lowest BCUT2D eigenvalue weighted by Crippen LogP contribution is -2.45. The average Bonchev–Trinajstić information content (AvgIpc) is 2.68. The standard InChI is InChI=1S/C12H21N3O2/c1-12(2,3)10(5-8-16)14-11(17)9-15-7-4-6-13-15/h4,6-7,10,16H,5,8-9H2,1-3H3,(H,14,17). The number of carbonyl (C=O) groups is 1. The van der Waals surface area contributed by atoms with E-state index in [-0.39, 0.29) is 30.5 Å². The maximum atomic E-state index is 11.8. The lowest BCUT2D eigenvalue weighted by atomic mass is 9.85. The van der Waals surface area contributed by atoms with E-state index >= 15 is 0 Å². The van der Waals surface area contributed by atoms with Gasteiger partial charge in [0.1, 0.15) is 6.54 Å². The Bertz CT molecular complexity index is 341. The number of nitrogens with zero attached hydrogens (tertiary/aromatic N) is 2. The van der Waals surface area contributed by atoms with Crippen molar-refractivity contribution < 1.29 is 9.90 Å². The summed E-state index contributed by atoms with van der Waals surface area (Å²) in [6.07, 6.45) is 3.95. The van der Waals surface area contributed by atoms with Crippen molar-refractivity contribution in [1.82, 2.24) is 15.1 Å². The Kier molecular flexibility index (Phi) is 4.69. The third-order valence-electron chi connectivity index (χ3n) is 2.66. The molecule has 1 amide bonds. The molecule has 0 aliphatic rings. The van der Waals surface area contributed by atoms with Gasteiger partial charge in [-0.3, -0.25) is 9.48 Å². The number of carbonyl (C=O) groups excluding carboxylic acids is 1. The van der Waals surface area contributed by atoms with Gasteiger partial charge in [0.15, 0.2) is 0 Å². The minimum Gasteiger partial charge on any atom is -0.396 e. The highest BCUT2D eigenvalue weighted by atomic mass is 16.3. The normalized spacial score (nSPS) is 13.4. The zero-order valence-electron chi connectivity index (χ0n) is 10.7. The monoisotopic (exact) mass is 239 g/mol. The van der Waals surface area contributed by atoms with Crippen molar-refractivity contribution in [2.24, 2.45) is 5.41 Å². The number of hydrogen-bond donors (Lipinski definition) is 2. The summed E-state index contributed by atoms with van der Waals surface area (Å²) in [6.45, 7) is 6.42. The van der Waals surface area contributed by atoms with Crippen molar-refractivity contribution in [3.05, 3.63) is 18.5 Å². The van der Waals surface area contributed by atoms with E-state index < -0.39 is 0 Å². The molecule has 1 aromatic heterocycles. The molecular formula is C12H21N3O2. The van der Waals surface area contributed by atoms with Gasteiger partial charge >= 0.3 is 0 Å². The first-order valence-electron chi connectivity index (χ1n) is 5.81. The summed E-state index contributed by atoms with van der Waals surface area (Å²) in [5, 5.41) is 15.9. The van der Waals surface area contributed by atoms with Gasteiger partial charge in [-0.05, 0) is 17.9 Å². The van der Waals surface area contributed by atoms with Crippen LogP contribution in [0.25, 0.3) is 0 Å². The molecule has 96 valence electrons. The molecule has 0 bridgehead atoms. The second kappa shape index (κ2) is 5.82. The molecule has 5 nitrogen and oxygen atoms in total. The van der Waals surface area contributed by atoms with Crippen LogP contribution in [0.5, 0.6) is 0 Å². The highest BCUT2D eigenvalue weighted by molar-refractivity contribution is 5.76. The van der Waals surface area contributed by atoms with Crippen LogP contribution >= 0.6 is 0 Å². The first-order valence-corrected chi connectivity index (χ1v) is 5.81. The smallest absolute Gasteiger partial charge is 0.241 e. The van der Waals surface area contributed by atoms with Crippen LogP contribution in [0.4, 0.5) is 0 Å². The Hall–Kier alpha value is -1.36. The second-order valence-corrected chi connectivity index (χ2v) is 5.20. The fraction of sp³-hybridized carbons (Fsp3) is 0.667. The molecule has 0 saturated carbocycles. The Labute approximate surface area is 102 Å². The molecule has 5 heteroatoms. The lowest BCUT2D eigenvalue weighted by Gasteiger charge is -2.31. The first-order chi connectivity index (χ1) is 7.93. The Morgan fingerprint density at radius 3 is 2.71 bits per heavy atom. The van der Waals surface area contributed by atoms with E-state index in [1.807, 2.05) is 20.8 Å². The van der Waals surface area contributed by atoms with Crippen molar-refractivity contribution >= 4 is 5.91 Å². The summed E-state index contributed by atoms with van der Waals surface area (Å²) in [5.41, 5.74) is -0.0670. The third-order valence-corrected chi connectivity index (χ3v) is 2.66. The van der Waals surface area contributed by atoms with E-state index in [1.54, 1.807) is 23.1 Å². The summed E-state index contributed by atoms with van der Waals surface area (Å²) in [7, 11) is 0. The third kappa shape index (κ3) is 4.56. The van der Waals surface area contributed by atoms with Crippen LogP contribution in [0.2, 0.25) is 0 Å². The van der Waals surface area contributed by atoms with Crippen molar-refractivity contribution in [3.8, 4) is 0 Å². The second-order valence-electron chi connectivity index (χ2n) is 5.20. The van der Waals surface area contributed by atoms with Gasteiger partial charge < -0.3 is 10.4 Å². The number of rotatable bonds is 5. The maximum Gasteiger partial charge on any atom is 0.241 e. The van der Waals surface area contributed by atoms with Gasteiger partial charge in [0.05, 0.1) is 0 Å². The summed E-state index contributed by atoms with van der Waals surface area (Å²) in [5.74, 6) is -0.0814. The molecular weight excluding hydrogens is 218 g/mol. The molecule has 1 unspecified atom stereocenters. The zero-order chi connectivity index (χ0) is 12.9. The highest BCUT2D eigenvalue weighted by Crippen LogP contribution is 2.21. The molecule has 1 rings (SSSR count). The average molecular weight is 239 g/mol. The predicted octanol–water partition coefficient (Wildman–Crippen LogP) is 0.796. The van der Waals surface area contributed by atoms with Crippen molar-refractivity contribution in [2.45, 2.75) is 39.8 Å². The topological polar surface area (TPSA) is 67.2 Å². The maximum absolute atomic E-state index is 11.8. The molecule has 0 spiro atoms. The number of amides is 1. The predicted molar refractivity (Wildman–Crippen MR) is 65.3 cm³/mol. The number of aromatic nitrogens is 2. The van der Waals surface area contributed by atoms with E-state index in [1.165, 1.54) is 0 Å². The lowest BCUT2D eigenvalue weighted by molar-refractivity contribution is -0.123. The van der Waals surface area contributed by atoms with Crippen molar-refractivity contribution in [1.29, 1.82) is 0 Å². The Morgan fingerprint density at radius 2 is 2.24 bits per heavy atom. The van der Waals surface area contributed by atoms with E-state index in [4.69, 9.17) is 5.11 Å². The molecule has 2 N–H and O–H groups in total.